The first kappa shape index (κ1) is 27.5. The van der Waals surface area contributed by atoms with E-state index in [4.69, 9.17) is 16.3 Å². The number of benzene rings is 1. The molecule has 37 heavy (non-hydrogen) atoms. The third-order valence-corrected chi connectivity index (χ3v) is 7.46. The Hall–Kier alpha value is -2.52. The number of carbonyl (C=O) groups excluding carboxylic acids is 2. The first-order chi connectivity index (χ1) is 17.7. The van der Waals surface area contributed by atoms with Gasteiger partial charge in [-0.1, -0.05) is 31.5 Å². The molecule has 1 aliphatic carbocycles. The molecule has 10 heteroatoms. The van der Waals surface area contributed by atoms with Gasteiger partial charge >= 0.3 is 0 Å². The number of hydrogen-bond donors (Lipinski definition) is 1. The largest absolute Gasteiger partial charge is 0.363 e. The van der Waals surface area contributed by atoms with Gasteiger partial charge in [0.05, 0.1) is 17.3 Å². The molecule has 4 atom stereocenters. The highest BCUT2D eigenvalue weighted by atomic mass is 35.5. The normalized spacial score (nSPS) is 22.2. The minimum atomic E-state index is -2.92. The number of alkyl halides is 2. The van der Waals surface area contributed by atoms with Crippen molar-refractivity contribution in [2.24, 2.45) is 11.8 Å². The van der Waals surface area contributed by atoms with Crippen LogP contribution in [0.15, 0.2) is 18.2 Å². The molecule has 0 radical (unpaired) electrons. The average molecular weight is 538 g/mol. The zero-order valence-electron chi connectivity index (χ0n) is 20.9. The van der Waals surface area contributed by atoms with Gasteiger partial charge in [-0.05, 0) is 56.5 Å². The van der Waals surface area contributed by atoms with E-state index in [-0.39, 0.29) is 40.7 Å². The van der Waals surface area contributed by atoms with Crippen LogP contribution < -0.4 is 5.32 Å². The molecule has 1 aromatic carbocycles. The summed E-state index contributed by atoms with van der Waals surface area (Å²) < 4.78 is 46.5. The maximum Gasteiger partial charge on any atom is 0.266 e. The van der Waals surface area contributed by atoms with E-state index in [9.17, 15) is 22.8 Å². The molecule has 1 saturated heterocycles. The molecule has 1 aromatic heterocycles. The van der Waals surface area contributed by atoms with Crippen LogP contribution in [0.5, 0.6) is 0 Å². The Labute approximate surface area is 219 Å². The van der Waals surface area contributed by atoms with Crippen molar-refractivity contribution in [3.05, 3.63) is 51.7 Å². The number of nitrogens with one attached hydrogen (secondary N) is 1. The van der Waals surface area contributed by atoms with Gasteiger partial charge in [0.1, 0.15) is 11.6 Å². The van der Waals surface area contributed by atoms with Gasteiger partial charge in [0.2, 0.25) is 5.28 Å². The van der Waals surface area contributed by atoms with Crippen LogP contribution in [0.4, 0.5) is 19.0 Å². The summed E-state index contributed by atoms with van der Waals surface area (Å²) in [6.45, 7) is 4.10. The van der Waals surface area contributed by atoms with Crippen molar-refractivity contribution in [2.45, 2.75) is 77.4 Å². The summed E-state index contributed by atoms with van der Waals surface area (Å²) in [5.41, 5.74) is 0.998. The molecule has 0 bridgehead atoms. The van der Waals surface area contributed by atoms with E-state index in [1.165, 1.54) is 12.1 Å². The monoisotopic (exact) mass is 537 g/mol. The quantitative estimate of drug-likeness (QED) is 0.286. The third kappa shape index (κ3) is 6.14. The van der Waals surface area contributed by atoms with Gasteiger partial charge < -0.3 is 10.1 Å². The summed E-state index contributed by atoms with van der Waals surface area (Å²) in [7, 11) is 0. The van der Waals surface area contributed by atoms with Crippen LogP contribution in [0.1, 0.15) is 80.8 Å². The average Bonchev–Trinajstić information content (AvgIpc) is 3.27. The standard InChI is InChI=1S/C27H31ClF3N3O3/c1-3-5-16-10-11-37-24(23(16)36)21(35)9-8-15-12-19-20(13-15)33-27(28)34-26(19)32-14(2)17-6-4-7-18(22(17)29)25(30)31/h4,6-7,14-16,24-25H,3,5,8-13H2,1-2H3,(H,32,33,34)/t14-,15?,16?,24?/m1/s1. The predicted octanol–water partition coefficient (Wildman–Crippen LogP) is 6.22. The van der Waals surface area contributed by atoms with Crippen LogP contribution in [0.3, 0.4) is 0 Å². The van der Waals surface area contributed by atoms with Gasteiger partial charge in [0.25, 0.3) is 6.43 Å². The van der Waals surface area contributed by atoms with Gasteiger partial charge in [-0.2, -0.15) is 0 Å². The van der Waals surface area contributed by atoms with E-state index in [0.29, 0.717) is 38.1 Å². The maximum atomic E-state index is 14.7. The Bertz CT molecular complexity index is 1160. The summed E-state index contributed by atoms with van der Waals surface area (Å²) in [6.07, 6.45) is 0.374. The van der Waals surface area contributed by atoms with Gasteiger partial charge in [-0.25, -0.2) is 23.1 Å². The lowest BCUT2D eigenvalue weighted by molar-refractivity contribution is -0.151. The fourth-order valence-electron chi connectivity index (χ4n) is 5.33. The molecule has 0 saturated carbocycles. The Kier molecular flexibility index (Phi) is 8.85. The lowest BCUT2D eigenvalue weighted by atomic mass is 9.87. The molecule has 0 amide bonds. The Balaban J connectivity index is 1.42. The zero-order valence-corrected chi connectivity index (χ0v) is 21.7. The highest BCUT2D eigenvalue weighted by Crippen LogP contribution is 2.36. The number of halogens is 4. The van der Waals surface area contributed by atoms with E-state index < -0.39 is 30.0 Å². The minimum Gasteiger partial charge on any atom is -0.363 e. The zero-order chi connectivity index (χ0) is 26.7. The van der Waals surface area contributed by atoms with Crippen molar-refractivity contribution in [3.63, 3.8) is 0 Å². The van der Waals surface area contributed by atoms with E-state index in [1.807, 2.05) is 6.92 Å². The first-order valence-electron chi connectivity index (χ1n) is 12.8. The molecular weight excluding hydrogens is 507 g/mol. The number of ether oxygens (including phenoxy) is 1. The summed E-state index contributed by atoms with van der Waals surface area (Å²) in [4.78, 5) is 34.1. The number of aromatic nitrogens is 2. The fraction of sp³-hybridized carbons (Fsp3) is 0.556. The number of fused-ring (bicyclic) bond motifs is 1. The van der Waals surface area contributed by atoms with Crippen LogP contribution in [0.25, 0.3) is 0 Å². The molecule has 6 nitrogen and oxygen atoms in total. The highest BCUT2D eigenvalue weighted by molar-refractivity contribution is 6.28. The summed E-state index contributed by atoms with van der Waals surface area (Å²) in [6, 6.07) is 3.26. The number of ketones is 2. The molecule has 1 N–H and O–H groups in total. The molecule has 2 aromatic rings. The minimum absolute atomic E-state index is 0.0233. The summed E-state index contributed by atoms with van der Waals surface area (Å²) in [5, 5.41) is 3.14. The van der Waals surface area contributed by atoms with E-state index >= 15 is 0 Å². The van der Waals surface area contributed by atoms with Crippen LogP contribution in [-0.2, 0) is 27.2 Å². The summed E-state index contributed by atoms with van der Waals surface area (Å²) >= 11 is 6.14. The number of rotatable bonds is 10. The van der Waals surface area contributed by atoms with Crippen molar-refractivity contribution in [2.75, 3.05) is 11.9 Å². The molecule has 2 heterocycles. The molecule has 200 valence electrons. The Morgan fingerprint density at radius 3 is 2.70 bits per heavy atom. The lowest BCUT2D eigenvalue weighted by Crippen LogP contribution is -2.42. The van der Waals surface area contributed by atoms with E-state index in [0.717, 1.165) is 30.2 Å². The SMILES string of the molecule is CCCC1CCOC(C(=O)CCC2Cc3nc(Cl)nc(N[C@H](C)c4cccc(C(F)F)c4F)c3C2)C1=O. The lowest BCUT2D eigenvalue weighted by Gasteiger charge is -2.27. The van der Waals surface area contributed by atoms with Crippen molar-refractivity contribution in [1.82, 2.24) is 9.97 Å². The fourth-order valence-corrected chi connectivity index (χ4v) is 5.51. The molecular formula is C27H31ClF3N3O3. The Morgan fingerprint density at radius 2 is 1.97 bits per heavy atom. The highest BCUT2D eigenvalue weighted by Gasteiger charge is 2.37. The van der Waals surface area contributed by atoms with Gasteiger partial charge in [0, 0.05) is 30.1 Å². The first-order valence-corrected chi connectivity index (χ1v) is 13.1. The molecule has 4 rings (SSSR count). The second kappa shape index (κ2) is 11.9. The number of Topliss-reactive ketones (excluding diaryl/α,β-unsaturated/α-hetero) is 2. The van der Waals surface area contributed by atoms with Crippen molar-refractivity contribution in [1.29, 1.82) is 0 Å². The van der Waals surface area contributed by atoms with Crippen molar-refractivity contribution in [3.8, 4) is 0 Å². The van der Waals surface area contributed by atoms with Crippen LogP contribution >= 0.6 is 11.6 Å². The third-order valence-electron chi connectivity index (χ3n) is 7.29. The number of nitrogens with zero attached hydrogens (tertiary/aromatic N) is 2. The topological polar surface area (TPSA) is 81.2 Å². The van der Waals surface area contributed by atoms with Crippen molar-refractivity contribution >= 4 is 29.0 Å². The molecule has 1 fully saturated rings. The number of carbonyl (C=O) groups is 2. The van der Waals surface area contributed by atoms with Crippen LogP contribution in [0, 0.1) is 17.7 Å². The molecule has 2 aliphatic rings. The van der Waals surface area contributed by atoms with Gasteiger partial charge in [-0.3, -0.25) is 9.59 Å². The van der Waals surface area contributed by atoms with Crippen LogP contribution in [0.2, 0.25) is 5.28 Å². The molecule has 3 unspecified atom stereocenters. The Morgan fingerprint density at radius 1 is 1.22 bits per heavy atom. The second-order valence-corrected chi connectivity index (χ2v) is 10.2. The number of anilines is 1. The van der Waals surface area contributed by atoms with Gasteiger partial charge in [-0.15, -0.1) is 0 Å². The second-order valence-electron chi connectivity index (χ2n) is 9.89. The molecule has 1 aliphatic heterocycles. The maximum absolute atomic E-state index is 14.7. The van der Waals surface area contributed by atoms with Gasteiger partial charge in [0.15, 0.2) is 17.7 Å². The predicted molar refractivity (Wildman–Crippen MR) is 133 cm³/mol. The van der Waals surface area contributed by atoms with E-state index in [2.05, 4.69) is 15.3 Å². The van der Waals surface area contributed by atoms with Crippen molar-refractivity contribution < 1.29 is 27.5 Å². The summed E-state index contributed by atoms with van der Waals surface area (Å²) in [5.74, 6) is -0.840. The van der Waals surface area contributed by atoms with Crippen LogP contribution in [-0.4, -0.2) is 34.2 Å². The smallest absolute Gasteiger partial charge is 0.266 e. The van der Waals surface area contributed by atoms with E-state index in [1.54, 1.807) is 6.92 Å². The number of hydrogen-bond acceptors (Lipinski definition) is 6. The molecule has 0 spiro atoms.